The minimum atomic E-state index is 0.449. The van der Waals surface area contributed by atoms with Crippen LogP contribution in [-0.2, 0) is 6.42 Å². The molecule has 0 aliphatic rings. The van der Waals surface area contributed by atoms with E-state index < -0.39 is 0 Å². The van der Waals surface area contributed by atoms with E-state index in [2.05, 4.69) is 42.9 Å². The summed E-state index contributed by atoms with van der Waals surface area (Å²) in [5.41, 5.74) is 6.05. The zero-order valence-electron chi connectivity index (χ0n) is 16.6. The molecule has 1 atom stereocenters. The minimum absolute atomic E-state index is 0.449. The van der Waals surface area contributed by atoms with Crippen molar-refractivity contribution in [2.75, 3.05) is 14.1 Å². The zero-order valence-corrected chi connectivity index (χ0v) is 17.4. The third kappa shape index (κ3) is 21.7. The van der Waals surface area contributed by atoms with Gasteiger partial charge in [0.15, 0.2) is 0 Å². The summed E-state index contributed by atoms with van der Waals surface area (Å²) < 4.78 is 0. The normalized spacial score (nSPS) is 9.18. The van der Waals surface area contributed by atoms with Crippen molar-refractivity contribution in [3.8, 4) is 0 Å². The first kappa shape index (κ1) is 29.4. The van der Waals surface area contributed by atoms with E-state index in [9.17, 15) is 0 Å². The van der Waals surface area contributed by atoms with Gasteiger partial charge in [0.2, 0.25) is 0 Å². The van der Waals surface area contributed by atoms with Gasteiger partial charge in [-0.05, 0) is 57.8 Å². The van der Waals surface area contributed by atoms with Gasteiger partial charge in [-0.1, -0.05) is 47.1 Å². The number of nitrogens with two attached hydrogens (primary N) is 1. The Morgan fingerprint density at radius 3 is 2.00 bits per heavy atom. The molecule has 1 aromatic heterocycles. The maximum Gasteiger partial charge on any atom is 0.0216 e. The first-order chi connectivity index (χ1) is 10.7. The highest BCUT2D eigenvalue weighted by atomic mass is 32.1. The van der Waals surface area contributed by atoms with Crippen LogP contribution in [0.25, 0.3) is 0 Å². The average Bonchev–Trinajstić information content (AvgIpc) is 3.03. The molecule has 0 bridgehead atoms. The monoisotopic (exact) mass is 330 g/mol. The molecular formula is C19H42N2S. The number of unbranched alkanes of at least 4 members (excludes halogenated alkanes) is 1. The fourth-order valence-corrected chi connectivity index (χ4v) is 1.91. The molecule has 1 unspecified atom stereocenters. The fourth-order valence-electron chi connectivity index (χ4n) is 1.16. The quantitative estimate of drug-likeness (QED) is 0.669. The van der Waals surface area contributed by atoms with Gasteiger partial charge in [0, 0.05) is 10.9 Å². The van der Waals surface area contributed by atoms with Gasteiger partial charge < -0.3 is 11.1 Å². The smallest absolute Gasteiger partial charge is 0.0216 e. The third-order valence-corrected chi connectivity index (χ3v) is 3.46. The predicted molar refractivity (Wildman–Crippen MR) is 109 cm³/mol. The lowest BCUT2D eigenvalue weighted by Crippen LogP contribution is -2.17. The van der Waals surface area contributed by atoms with E-state index >= 15 is 0 Å². The van der Waals surface area contributed by atoms with Crippen LogP contribution in [0.3, 0.4) is 0 Å². The molecule has 22 heavy (non-hydrogen) atoms. The van der Waals surface area contributed by atoms with Crippen LogP contribution >= 0.6 is 11.3 Å². The van der Waals surface area contributed by atoms with Crippen LogP contribution in [0.5, 0.6) is 0 Å². The number of thiophene rings is 1. The molecule has 0 aliphatic heterocycles. The molecular weight excluding hydrogens is 288 g/mol. The van der Waals surface area contributed by atoms with Crippen molar-refractivity contribution < 1.29 is 0 Å². The van der Waals surface area contributed by atoms with Crippen LogP contribution in [0, 0.1) is 6.92 Å². The molecule has 134 valence electrons. The predicted octanol–water partition coefficient (Wildman–Crippen LogP) is 5.81. The van der Waals surface area contributed by atoms with E-state index in [0.29, 0.717) is 6.04 Å². The summed E-state index contributed by atoms with van der Waals surface area (Å²) in [6.07, 6.45) is 5.76. The topological polar surface area (TPSA) is 38.0 Å². The van der Waals surface area contributed by atoms with Crippen LogP contribution in [0.1, 0.15) is 64.8 Å². The molecule has 3 N–H and O–H groups in total. The van der Waals surface area contributed by atoms with E-state index in [1.54, 1.807) is 5.56 Å². The summed E-state index contributed by atoms with van der Waals surface area (Å²) in [7, 11) is 3.41. The summed E-state index contributed by atoms with van der Waals surface area (Å²) >= 11 is 1.85. The number of nitrogens with one attached hydrogen (secondary N) is 1. The second kappa shape index (κ2) is 28.5. The molecule has 0 saturated carbocycles. The summed E-state index contributed by atoms with van der Waals surface area (Å²) in [5.74, 6) is 0. The lowest BCUT2D eigenvalue weighted by molar-refractivity contribution is 0.730. The molecule has 2 nitrogen and oxygen atoms in total. The van der Waals surface area contributed by atoms with Crippen LogP contribution in [0.4, 0.5) is 0 Å². The van der Waals surface area contributed by atoms with Gasteiger partial charge in [-0.25, -0.2) is 0 Å². The maximum absolute atomic E-state index is 4.50. The van der Waals surface area contributed by atoms with Gasteiger partial charge in [-0.3, -0.25) is 0 Å². The van der Waals surface area contributed by atoms with Crippen molar-refractivity contribution >= 4 is 11.3 Å². The molecule has 0 spiro atoms. The standard InChI is InChI=1S/C9H14S.C5H11N.2C2H6.CH5N/c1-3-4-5-9-6-7-10-8(9)2;1-4-5(2)6-3;3*1-2/h6-7H,3-5H2,1-2H3;4-6H,1H2,2-3H3;2*1-2H3;2H2,1H3. The Morgan fingerprint density at radius 1 is 1.27 bits per heavy atom. The second-order valence-electron chi connectivity index (χ2n) is 3.92. The first-order valence-electron chi connectivity index (χ1n) is 8.56. The van der Waals surface area contributed by atoms with Crippen LogP contribution in [0.2, 0.25) is 0 Å². The maximum atomic E-state index is 4.50. The Kier molecular flexibility index (Phi) is 38.1. The Hall–Kier alpha value is -0.640. The average molecular weight is 331 g/mol. The Labute approximate surface area is 145 Å². The highest BCUT2D eigenvalue weighted by Crippen LogP contribution is 2.16. The SMILES string of the molecule is C=CC(C)NC.CC.CC.CCCCc1ccsc1C.CN. The third-order valence-electron chi connectivity index (χ3n) is 2.57. The summed E-state index contributed by atoms with van der Waals surface area (Å²) in [5, 5.41) is 5.18. The van der Waals surface area contributed by atoms with E-state index in [0.717, 1.165) is 0 Å². The van der Waals surface area contributed by atoms with E-state index in [4.69, 9.17) is 0 Å². The van der Waals surface area contributed by atoms with Gasteiger partial charge in [-0.2, -0.15) is 0 Å². The van der Waals surface area contributed by atoms with Gasteiger partial charge in [0.05, 0.1) is 0 Å². The molecule has 0 radical (unpaired) electrons. The van der Waals surface area contributed by atoms with E-state index in [1.807, 2.05) is 59.1 Å². The molecule has 0 fully saturated rings. The molecule has 1 aromatic rings. The highest BCUT2D eigenvalue weighted by molar-refractivity contribution is 7.10. The zero-order chi connectivity index (χ0) is 18.4. The minimum Gasteiger partial charge on any atom is -0.333 e. The van der Waals surface area contributed by atoms with E-state index in [1.165, 1.54) is 31.2 Å². The summed E-state index contributed by atoms with van der Waals surface area (Å²) in [6.45, 7) is 18.1. The van der Waals surface area contributed by atoms with Gasteiger partial charge in [-0.15, -0.1) is 17.9 Å². The number of hydrogen-bond acceptors (Lipinski definition) is 3. The number of likely N-dealkylation sites (N-methyl/N-ethyl adjacent to an activating group) is 1. The summed E-state index contributed by atoms with van der Waals surface area (Å²) in [6, 6.07) is 2.69. The lowest BCUT2D eigenvalue weighted by Gasteiger charge is -1.98. The molecule has 1 rings (SSSR count). The fraction of sp³-hybridized carbons (Fsp3) is 0.684. The molecule has 0 aliphatic carbocycles. The van der Waals surface area contributed by atoms with Crippen molar-refractivity contribution in [2.24, 2.45) is 5.73 Å². The van der Waals surface area contributed by atoms with Crippen LogP contribution in [0.15, 0.2) is 24.1 Å². The van der Waals surface area contributed by atoms with Gasteiger partial charge in [0.1, 0.15) is 0 Å². The lowest BCUT2D eigenvalue weighted by atomic mass is 10.1. The molecule has 3 heteroatoms. The molecule has 0 saturated heterocycles. The Bertz CT molecular complexity index is 283. The van der Waals surface area contributed by atoms with Crippen molar-refractivity contribution in [2.45, 2.75) is 73.8 Å². The van der Waals surface area contributed by atoms with Crippen molar-refractivity contribution in [3.05, 3.63) is 34.5 Å². The summed E-state index contributed by atoms with van der Waals surface area (Å²) in [4.78, 5) is 1.49. The number of rotatable bonds is 5. The molecule has 0 aromatic carbocycles. The van der Waals surface area contributed by atoms with Gasteiger partial charge >= 0.3 is 0 Å². The van der Waals surface area contributed by atoms with Crippen LogP contribution in [-0.4, -0.2) is 20.1 Å². The highest BCUT2D eigenvalue weighted by Gasteiger charge is 1.96. The van der Waals surface area contributed by atoms with Crippen molar-refractivity contribution in [1.82, 2.24) is 5.32 Å². The van der Waals surface area contributed by atoms with Crippen molar-refractivity contribution in [1.29, 1.82) is 0 Å². The number of aryl methyl sites for hydroxylation is 2. The Balaban J connectivity index is -0.000000117. The van der Waals surface area contributed by atoms with Gasteiger partial charge in [0.25, 0.3) is 0 Å². The number of hydrogen-bond donors (Lipinski definition) is 2. The molecule has 0 amide bonds. The second-order valence-corrected chi connectivity index (χ2v) is 5.04. The largest absolute Gasteiger partial charge is 0.333 e. The van der Waals surface area contributed by atoms with Crippen LogP contribution < -0.4 is 11.1 Å². The molecule has 1 heterocycles. The first-order valence-corrected chi connectivity index (χ1v) is 9.44. The van der Waals surface area contributed by atoms with E-state index in [-0.39, 0.29) is 0 Å². The Morgan fingerprint density at radius 2 is 1.77 bits per heavy atom. The van der Waals surface area contributed by atoms with Crippen molar-refractivity contribution in [3.63, 3.8) is 0 Å².